The molecule has 0 radical (unpaired) electrons. The fourth-order valence-corrected chi connectivity index (χ4v) is 2.60. The van der Waals surface area contributed by atoms with Gasteiger partial charge in [0.05, 0.1) is 0 Å². The Bertz CT molecular complexity index is 531. The van der Waals surface area contributed by atoms with E-state index < -0.39 is 11.6 Å². The number of urea groups is 1. The van der Waals surface area contributed by atoms with Crippen molar-refractivity contribution >= 4 is 30.0 Å². The molecular weight excluding hydrogens is 328 g/mol. The summed E-state index contributed by atoms with van der Waals surface area (Å²) >= 11 is 0. The second-order valence-corrected chi connectivity index (χ2v) is 6.47. The van der Waals surface area contributed by atoms with Gasteiger partial charge in [0.1, 0.15) is 5.54 Å². The molecule has 24 heavy (non-hydrogen) atoms. The fraction of sp³-hybridized carbons (Fsp3) is 0.529. The summed E-state index contributed by atoms with van der Waals surface area (Å²) in [5, 5.41) is 11.6. The van der Waals surface area contributed by atoms with E-state index in [0.29, 0.717) is 18.2 Å². The Balaban J connectivity index is 0.00000288. The number of anilines is 1. The number of amides is 3. The zero-order valence-electron chi connectivity index (χ0n) is 14.2. The smallest absolute Gasteiger partial charge is 0.320 e. The molecule has 1 aliphatic rings. The summed E-state index contributed by atoms with van der Waals surface area (Å²) in [6.07, 6.45) is 2.13. The largest absolute Gasteiger partial charge is 0.354 e. The van der Waals surface area contributed by atoms with Crippen molar-refractivity contribution in [3.05, 3.63) is 30.3 Å². The molecule has 3 amide bonds. The fourth-order valence-electron chi connectivity index (χ4n) is 2.60. The van der Waals surface area contributed by atoms with Gasteiger partial charge in [-0.05, 0) is 57.8 Å². The molecule has 1 atom stereocenters. The van der Waals surface area contributed by atoms with E-state index in [4.69, 9.17) is 0 Å². The van der Waals surface area contributed by atoms with Crippen LogP contribution >= 0.6 is 12.4 Å². The average Bonchev–Trinajstić information content (AvgIpc) is 3.00. The van der Waals surface area contributed by atoms with Crippen LogP contribution in [0.5, 0.6) is 0 Å². The summed E-state index contributed by atoms with van der Waals surface area (Å²) < 4.78 is 0. The number of nitrogens with one attached hydrogen (secondary N) is 4. The molecule has 1 saturated heterocycles. The Kier molecular flexibility index (Phi) is 8.01. The Morgan fingerprint density at radius 3 is 2.58 bits per heavy atom. The van der Waals surface area contributed by atoms with Gasteiger partial charge in [0, 0.05) is 12.2 Å². The van der Waals surface area contributed by atoms with Crippen LogP contribution in [-0.2, 0) is 4.79 Å². The highest BCUT2D eigenvalue weighted by Gasteiger charge is 2.29. The standard InChI is InChI=1S/C17H26N4O2.ClH/c1-17(2,15(22)19-11-9-13-8-10-18-12-13)21-16(23)20-14-6-4-3-5-7-14;/h3-7,13,18H,8-12H2,1-2H3,(H,19,22)(H2,20,21,23);1H. The molecule has 0 spiro atoms. The van der Waals surface area contributed by atoms with Gasteiger partial charge in [0.25, 0.3) is 0 Å². The third-order valence-corrected chi connectivity index (χ3v) is 4.03. The molecule has 6 nitrogen and oxygen atoms in total. The van der Waals surface area contributed by atoms with Gasteiger partial charge in [-0.1, -0.05) is 18.2 Å². The van der Waals surface area contributed by atoms with Gasteiger partial charge in [-0.2, -0.15) is 0 Å². The lowest BCUT2D eigenvalue weighted by molar-refractivity contribution is -0.126. The second kappa shape index (κ2) is 9.49. The summed E-state index contributed by atoms with van der Waals surface area (Å²) in [4.78, 5) is 24.3. The van der Waals surface area contributed by atoms with Gasteiger partial charge < -0.3 is 21.3 Å². The zero-order chi connectivity index (χ0) is 16.7. The minimum atomic E-state index is -0.965. The number of para-hydroxylation sites is 1. The van der Waals surface area contributed by atoms with Crippen LogP contribution in [0.3, 0.4) is 0 Å². The maximum Gasteiger partial charge on any atom is 0.320 e. The number of hydrogen-bond donors (Lipinski definition) is 4. The Morgan fingerprint density at radius 1 is 1.25 bits per heavy atom. The lowest BCUT2D eigenvalue weighted by atomic mass is 10.0. The van der Waals surface area contributed by atoms with E-state index in [9.17, 15) is 9.59 Å². The first kappa shape index (κ1) is 20.3. The van der Waals surface area contributed by atoms with Crippen molar-refractivity contribution in [2.75, 3.05) is 25.0 Å². The molecule has 1 heterocycles. The van der Waals surface area contributed by atoms with Gasteiger partial charge in [0.15, 0.2) is 0 Å². The van der Waals surface area contributed by atoms with Crippen LogP contribution < -0.4 is 21.3 Å². The first-order chi connectivity index (χ1) is 11.0. The van der Waals surface area contributed by atoms with Crippen LogP contribution in [0.2, 0.25) is 0 Å². The highest BCUT2D eigenvalue weighted by atomic mass is 35.5. The predicted octanol–water partition coefficient (Wildman–Crippen LogP) is 2.12. The number of hydrogen-bond acceptors (Lipinski definition) is 3. The van der Waals surface area contributed by atoms with Crippen molar-refractivity contribution in [3.63, 3.8) is 0 Å². The highest BCUT2D eigenvalue weighted by molar-refractivity contribution is 5.95. The van der Waals surface area contributed by atoms with Crippen LogP contribution in [0.1, 0.15) is 26.7 Å². The lowest BCUT2D eigenvalue weighted by Crippen LogP contribution is -2.56. The maximum atomic E-state index is 12.3. The molecule has 0 bridgehead atoms. The topological polar surface area (TPSA) is 82.3 Å². The Morgan fingerprint density at radius 2 is 1.96 bits per heavy atom. The molecule has 1 aromatic rings. The van der Waals surface area contributed by atoms with Gasteiger partial charge in [-0.25, -0.2) is 4.79 Å². The molecule has 134 valence electrons. The van der Waals surface area contributed by atoms with Crippen molar-refractivity contribution in [3.8, 4) is 0 Å². The molecular formula is C17H27ClN4O2. The molecule has 4 N–H and O–H groups in total. The number of carbonyl (C=O) groups is 2. The van der Waals surface area contributed by atoms with Crippen molar-refractivity contribution in [1.29, 1.82) is 0 Å². The number of rotatable bonds is 6. The summed E-state index contributed by atoms with van der Waals surface area (Å²) in [6.45, 7) is 6.12. The molecule has 7 heteroatoms. The lowest BCUT2D eigenvalue weighted by Gasteiger charge is -2.25. The van der Waals surface area contributed by atoms with Crippen LogP contribution in [0.4, 0.5) is 10.5 Å². The summed E-state index contributed by atoms with van der Waals surface area (Å²) in [5.41, 5.74) is -0.276. The Labute approximate surface area is 149 Å². The van der Waals surface area contributed by atoms with Crippen molar-refractivity contribution < 1.29 is 9.59 Å². The molecule has 0 aliphatic carbocycles. The van der Waals surface area contributed by atoms with Crippen molar-refractivity contribution in [2.24, 2.45) is 5.92 Å². The van der Waals surface area contributed by atoms with E-state index in [1.165, 1.54) is 0 Å². The minimum Gasteiger partial charge on any atom is -0.354 e. The normalized spacial score (nSPS) is 16.8. The number of benzene rings is 1. The van der Waals surface area contributed by atoms with E-state index in [1.54, 1.807) is 26.0 Å². The molecule has 0 saturated carbocycles. The predicted molar refractivity (Wildman–Crippen MR) is 98.5 cm³/mol. The molecule has 1 aromatic carbocycles. The molecule has 1 fully saturated rings. The van der Waals surface area contributed by atoms with Crippen LogP contribution in [0, 0.1) is 5.92 Å². The first-order valence-corrected chi connectivity index (χ1v) is 8.10. The summed E-state index contributed by atoms with van der Waals surface area (Å²) in [7, 11) is 0. The van der Waals surface area contributed by atoms with Crippen LogP contribution in [0.25, 0.3) is 0 Å². The highest BCUT2D eigenvalue weighted by Crippen LogP contribution is 2.11. The number of carbonyl (C=O) groups excluding carboxylic acids is 2. The van der Waals surface area contributed by atoms with Gasteiger partial charge >= 0.3 is 6.03 Å². The van der Waals surface area contributed by atoms with Crippen LogP contribution in [-0.4, -0.2) is 37.1 Å². The van der Waals surface area contributed by atoms with Crippen molar-refractivity contribution in [2.45, 2.75) is 32.2 Å². The van der Waals surface area contributed by atoms with E-state index in [1.807, 2.05) is 18.2 Å². The second-order valence-electron chi connectivity index (χ2n) is 6.47. The third-order valence-electron chi connectivity index (χ3n) is 4.03. The summed E-state index contributed by atoms with van der Waals surface area (Å²) in [6, 6.07) is 8.75. The molecule has 1 aliphatic heterocycles. The van der Waals surface area contributed by atoms with Gasteiger partial charge in [-0.3, -0.25) is 4.79 Å². The maximum absolute atomic E-state index is 12.3. The molecule has 2 rings (SSSR count). The first-order valence-electron chi connectivity index (χ1n) is 8.10. The van der Waals surface area contributed by atoms with Crippen molar-refractivity contribution in [1.82, 2.24) is 16.0 Å². The van der Waals surface area contributed by atoms with Gasteiger partial charge in [-0.15, -0.1) is 12.4 Å². The molecule has 0 aromatic heterocycles. The molecule has 1 unspecified atom stereocenters. The van der Waals surface area contributed by atoms with E-state index in [2.05, 4.69) is 21.3 Å². The third kappa shape index (κ3) is 6.37. The van der Waals surface area contributed by atoms with Gasteiger partial charge in [0.2, 0.25) is 5.91 Å². The SMILES string of the molecule is CC(C)(NC(=O)Nc1ccccc1)C(=O)NCCC1CCNC1.Cl. The zero-order valence-corrected chi connectivity index (χ0v) is 15.0. The quantitative estimate of drug-likeness (QED) is 0.631. The number of halogens is 1. The minimum absolute atomic E-state index is 0. The monoisotopic (exact) mass is 354 g/mol. The summed E-state index contributed by atoms with van der Waals surface area (Å²) in [5.74, 6) is 0.458. The van der Waals surface area contributed by atoms with E-state index >= 15 is 0 Å². The average molecular weight is 355 g/mol. The Hall–Kier alpha value is -1.79. The van der Waals surface area contributed by atoms with Crippen LogP contribution in [0.15, 0.2) is 30.3 Å². The van der Waals surface area contributed by atoms with E-state index in [0.717, 1.165) is 25.9 Å². The van der Waals surface area contributed by atoms with E-state index in [-0.39, 0.29) is 18.3 Å².